The Kier molecular flexibility index (Phi) is 7.21. The zero-order chi connectivity index (χ0) is 26.5. The number of fused-ring (bicyclic) bond motifs is 4. The monoisotopic (exact) mass is 603 g/mol. The van der Waals surface area contributed by atoms with Gasteiger partial charge in [-0.1, -0.05) is 96.3 Å². The van der Waals surface area contributed by atoms with E-state index in [0.29, 0.717) is 6.42 Å². The number of thiazole rings is 1. The van der Waals surface area contributed by atoms with Gasteiger partial charge in [-0.15, -0.1) is 0 Å². The van der Waals surface area contributed by atoms with Gasteiger partial charge in [0.1, 0.15) is 11.7 Å². The van der Waals surface area contributed by atoms with Gasteiger partial charge in [0.25, 0.3) is 0 Å². The summed E-state index contributed by atoms with van der Waals surface area (Å²) in [6.45, 7) is 7.18. The first-order chi connectivity index (χ1) is 18.4. The molecule has 3 aromatic carbocycles. The van der Waals surface area contributed by atoms with E-state index in [-0.39, 0.29) is 22.7 Å². The summed E-state index contributed by atoms with van der Waals surface area (Å²) in [6.07, 6.45) is 8.57. The Labute approximate surface area is 245 Å². The van der Waals surface area contributed by atoms with Crippen LogP contribution in [-0.2, 0) is 5.54 Å². The van der Waals surface area contributed by atoms with Crippen molar-refractivity contribution in [2.75, 3.05) is 11.4 Å². The molecule has 1 aliphatic heterocycles. The van der Waals surface area contributed by atoms with E-state index >= 15 is 0 Å². The minimum absolute atomic E-state index is 0. The van der Waals surface area contributed by atoms with Crippen molar-refractivity contribution >= 4 is 45.6 Å². The highest BCUT2D eigenvalue weighted by Crippen LogP contribution is 2.50. The lowest BCUT2D eigenvalue weighted by Gasteiger charge is -2.37. The minimum atomic E-state index is -1.39. The number of hydrogen-bond donors (Lipinski definition) is 1. The molecule has 1 aromatic heterocycles. The molecule has 2 aliphatic rings. The van der Waals surface area contributed by atoms with Crippen molar-refractivity contribution in [1.29, 1.82) is 0 Å². The van der Waals surface area contributed by atoms with Crippen molar-refractivity contribution in [3.63, 3.8) is 0 Å². The molecule has 0 amide bonds. The van der Waals surface area contributed by atoms with E-state index < -0.39 is 11.4 Å². The van der Waals surface area contributed by atoms with Crippen LogP contribution < -0.4 is 26.4 Å². The standard InChI is InChI=1S/C32H30N2OS2.BrH/c1-4-32(33-16-17-36-21-33)26-13-9-7-11-24(26)20-28(35)27(32)18-22(3)19-30-34(5-2)31-25-12-8-6-10-23(25)14-15-29(31)37-30;/h6-21,27H,4-5H2,1-3H3;1H/i27D;. The fourth-order valence-corrected chi connectivity index (χ4v) is 7.74. The van der Waals surface area contributed by atoms with Gasteiger partial charge >= 0.3 is 0 Å². The fraction of sp³-hybridized carbons (Fsp3) is 0.219. The number of rotatable bonds is 5. The molecule has 3 nitrogen and oxygen atoms in total. The van der Waals surface area contributed by atoms with Crippen LogP contribution in [0.3, 0.4) is 0 Å². The van der Waals surface area contributed by atoms with Crippen LogP contribution in [0.1, 0.15) is 39.7 Å². The Morgan fingerprint density at radius 3 is 2.68 bits per heavy atom. The fourth-order valence-electron chi connectivity index (χ4n) is 5.83. The Morgan fingerprint density at radius 1 is 1.13 bits per heavy atom. The number of halogens is 1. The molecular weight excluding hydrogens is 572 g/mol. The molecule has 1 aliphatic carbocycles. The van der Waals surface area contributed by atoms with E-state index in [1.54, 1.807) is 29.2 Å². The smallest absolute Gasteiger partial charge is 0.225 e. The van der Waals surface area contributed by atoms with Crippen LogP contribution in [-0.4, -0.2) is 11.7 Å². The van der Waals surface area contributed by atoms with E-state index in [1.165, 1.54) is 21.4 Å². The van der Waals surface area contributed by atoms with Gasteiger partial charge in [-0.3, -0.25) is 0 Å². The Bertz CT molecular complexity index is 1630. The zero-order valence-corrected chi connectivity index (χ0v) is 24.9. The number of allylic oxidation sites excluding steroid dienone is 3. The molecular formula is C32H31BrN2OS2. The average molecular weight is 605 g/mol. The van der Waals surface area contributed by atoms with Crippen molar-refractivity contribution in [2.24, 2.45) is 5.89 Å². The molecule has 0 saturated carbocycles. The van der Waals surface area contributed by atoms with Gasteiger partial charge < -0.3 is 27.0 Å². The minimum Gasteiger partial charge on any atom is -1.00 e. The molecule has 2 atom stereocenters. The summed E-state index contributed by atoms with van der Waals surface area (Å²) >= 11 is 3.37. The molecule has 0 radical (unpaired) electrons. The summed E-state index contributed by atoms with van der Waals surface area (Å²) in [5.74, 6) is -1.32. The number of hydrogen-bond acceptors (Lipinski definition) is 4. The van der Waals surface area contributed by atoms with Gasteiger partial charge in [-0.05, 0) is 43.0 Å². The van der Waals surface area contributed by atoms with E-state index in [9.17, 15) is 6.48 Å². The normalized spacial score (nSPS) is 24.0. The molecule has 2 heterocycles. The number of aliphatic hydroxyl groups excluding tert-OH is 1. The molecule has 0 spiro atoms. The maximum atomic E-state index is 11.5. The third-order valence-corrected chi connectivity index (χ3v) is 9.22. The van der Waals surface area contributed by atoms with Crippen molar-refractivity contribution in [3.05, 3.63) is 117 Å². The van der Waals surface area contributed by atoms with E-state index in [0.717, 1.165) is 28.3 Å². The molecule has 0 bridgehead atoms. The summed E-state index contributed by atoms with van der Waals surface area (Å²) in [4.78, 5) is 3.61. The predicted octanol–water partition coefficient (Wildman–Crippen LogP) is 5.30. The van der Waals surface area contributed by atoms with Gasteiger partial charge in [0, 0.05) is 28.8 Å². The van der Waals surface area contributed by atoms with Crippen LogP contribution in [0.5, 0.6) is 0 Å². The molecule has 1 N–H and O–H groups in total. The molecule has 4 aromatic rings. The Balaban J connectivity index is 0.00000308. The number of benzene rings is 3. The predicted molar refractivity (Wildman–Crippen MR) is 157 cm³/mol. The molecule has 194 valence electrons. The van der Waals surface area contributed by atoms with Crippen LogP contribution in [0.15, 0.2) is 111 Å². The topological polar surface area (TPSA) is 27.3 Å². The average Bonchev–Trinajstić information content (AvgIpc) is 3.58. The third-order valence-electron chi connectivity index (χ3n) is 7.50. The highest BCUT2D eigenvalue weighted by Gasteiger charge is 2.52. The van der Waals surface area contributed by atoms with Crippen LogP contribution in [0, 0.1) is 5.89 Å². The molecule has 6 heteroatoms. The largest absolute Gasteiger partial charge is 1.00 e. The lowest BCUT2D eigenvalue weighted by Crippen LogP contribution is -3.00. The van der Waals surface area contributed by atoms with Crippen LogP contribution in [0.2, 0.25) is 0 Å². The molecule has 0 fully saturated rings. The van der Waals surface area contributed by atoms with Crippen molar-refractivity contribution in [3.8, 4) is 0 Å². The first-order valence-corrected chi connectivity index (χ1v) is 14.5. The highest BCUT2D eigenvalue weighted by molar-refractivity contribution is 8.03. The van der Waals surface area contributed by atoms with Gasteiger partial charge in [0.2, 0.25) is 11.0 Å². The summed E-state index contributed by atoms with van der Waals surface area (Å²) in [6, 6.07) is 21.1. The van der Waals surface area contributed by atoms with Gasteiger partial charge in [0.15, 0.2) is 6.20 Å². The number of aromatic nitrogens is 1. The Morgan fingerprint density at radius 2 is 1.92 bits per heavy atom. The summed E-state index contributed by atoms with van der Waals surface area (Å²) in [7, 11) is 0. The molecule has 0 saturated heterocycles. The maximum Gasteiger partial charge on any atom is 0.225 e. The number of thioether (sulfide) groups is 1. The molecule has 38 heavy (non-hydrogen) atoms. The third kappa shape index (κ3) is 4.23. The molecule has 6 rings (SSSR count). The van der Waals surface area contributed by atoms with Gasteiger partial charge in [-0.2, -0.15) is 4.57 Å². The second-order valence-corrected chi connectivity index (χ2v) is 11.3. The first kappa shape index (κ1) is 25.5. The quantitative estimate of drug-likeness (QED) is 0.314. The first-order valence-electron chi connectivity index (χ1n) is 13.3. The summed E-state index contributed by atoms with van der Waals surface area (Å²) < 4.78 is 12.0. The number of aliphatic hydroxyl groups is 1. The van der Waals surface area contributed by atoms with Crippen LogP contribution >= 0.6 is 23.1 Å². The lowest BCUT2D eigenvalue weighted by atomic mass is 9.69. The van der Waals surface area contributed by atoms with Crippen LogP contribution in [0.25, 0.3) is 16.8 Å². The summed E-state index contributed by atoms with van der Waals surface area (Å²) in [5, 5.41) is 17.2. The van der Waals surface area contributed by atoms with E-state index in [1.807, 2.05) is 42.8 Å². The van der Waals surface area contributed by atoms with Gasteiger partial charge in [0.05, 0.1) is 17.5 Å². The van der Waals surface area contributed by atoms with Crippen molar-refractivity contribution < 1.29 is 28.0 Å². The van der Waals surface area contributed by atoms with Crippen molar-refractivity contribution in [1.82, 2.24) is 0 Å². The Hall–Kier alpha value is -2.80. The highest BCUT2D eigenvalue weighted by atomic mass is 79.9. The van der Waals surface area contributed by atoms with Crippen LogP contribution in [0.4, 0.5) is 5.69 Å². The second-order valence-electron chi connectivity index (χ2n) is 9.53. The molecule has 2 unspecified atom stereocenters. The maximum absolute atomic E-state index is 11.5. The summed E-state index contributed by atoms with van der Waals surface area (Å²) in [5.41, 5.74) is 5.49. The van der Waals surface area contributed by atoms with Gasteiger partial charge in [-0.25, -0.2) is 0 Å². The number of nitrogens with zero attached hydrogens (tertiary/aromatic N) is 2. The zero-order valence-electron chi connectivity index (χ0n) is 22.7. The number of anilines is 1. The van der Waals surface area contributed by atoms with E-state index in [2.05, 4.69) is 77.4 Å². The second kappa shape index (κ2) is 10.8. The van der Waals surface area contributed by atoms with Crippen molar-refractivity contribution in [2.45, 2.75) is 37.6 Å². The lowest BCUT2D eigenvalue weighted by molar-refractivity contribution is -0.756. The SMILES string of the molecule is [2H]C1(C=C(C)C=C2Sc3ccc4ccccc4c3N2CC)C(O)=Cc2ccccc2C1(CC)[n+]1ccsc1.[Br-]. The van der Waals surface area contributed by atoms with E-state index in [4.69, 9.17) is 0 Å².